The lowest BCUT2D eigenvalue weighted by Gasteiger charge is -1.97. The van der Waals surface area contributed by atoms with Crippen LogP contribution in [-0.4, -0.2) is 9.97 Å². The molecule has 1 aromatic heterocycles. The first-order chi connectivity index (χ1) is 8.76. The second-order valence-corrected chi connectivity index (χ2v) is 5.00. The first-order valence-electron chi connectivity index (χ1n) is 5.88. The van der Waals surface area contributed by atoms with Crippen molar-refractivity contribution in [3.05, 3.63) is 53.6 Å². The molecule has 0 aliphatic carbocycles. The van der Waals surface area contributed by atoms with Crippen LogP contribution in [0.5, 0.6) is 0 Å². The molecule has 18 heavy (non-hydrogen) atoms. The third-order valence-electron chi connectivity index (χ3n) is 2.99. The van der Waals surface area contributed by atoms with Gasteiger partial charge >= 0.3 is 0 Å². The van der Waals surface area contributed by atoms with Crippen molar-refractivity contribution in [1.82, 2.24) is 9.97 Å². The van der Waals surface area contributed by atoms with Crippen molar-refractivity contribution in [3.63, 3.8) is 0 Å². The molecule has 2 aromatic carbocycles. The number of nitrogens with one attached hydrogen (secondary N) is 1. The molecular formula is C15H13BrN2. The first-order valence-corrected chi connectivity index (χ1v) is 7.00. The van der Waals surface area contributed by atoms with Crippen LogP contribution in [0.1, 0.15) is 11.1 Å². The van der Waals surface area contributed by atoms with Crippen molar-refractivity contribution in [2.45, 2.75) is 12.3 Å². The number of benzene rings is 2. The van der Waals surface area contributed by atoms with Crippen LogP contribution in [0.2, 0.25) is 0 Å². The predicted molar refractivity (Wildman–Crippen MR) is 78.9 cm³/mol. The Kier molecular flexibility index (Phi) is 2.92. The zero-order valence-corrected chi connectivity index (χ0v) is 11.7. The Morgan fingerprint density at radius 1 is 1.17 bits per heavy atom. The number of aromatic amines is 1. The molecule has 90 valence electrons. The summed E-state index contributed by atoms with van der Waals surface area (Å²) in [5.74, 6) is 0.931. The highest BCUT2D eigenvalue weighted by molar-refractivity contribution is 9.08. The van der Waals surface area contributed by atoms with E-state index in [0.717, 1.165) is 27.8 Å². The minimum Gasteiger partial charge on any atom is -0.338 e. The molecular weight excluding hydrogens is 288 g/mol. The van der Waals surface area contributed by atoms with Gasteiger partial charge < -0.3 is 4.98 Å². The Bertz CT molecular complexity index is 701. The molecule has 0 radical (unpaired) electrons. The molecule has 2 nitrogen and oxygen atoms in total. The van der Waals surface area contributed by atoms with E-state index in [2.05, 4.69) is 75.3 Å². The minimum absolute atomic E-state index is 0.863. The standard InChI is InChI=1S/C15H13BrN2/c1-10-3-2-4-12(7-10)15-17-13-6-5-11(9-16)8-14(13)18-15/h2-8H,9H2,1H3,(H,17,18). The van der Waals surface area contributed by atoms with E-state index in [0.29, 0.717) is 0 Å². The van der Waals surface area contributed by atoms with E-state index in [1.54, 1.807) is 0 Å². The lowest BCUT2D eigenvalue weighted by Crippen LogP contribution is -1.80. The number of fused-ring (bicyclic) bond motifs is 1. The van der Waals surface area contributed by atoms with E-state index in [1.165, 1.54) is 11.1 Å². The van der Waals surface area contributed by atoms with Crippen molar-refractivity contribution < 1.29 is 0 Å². The van der Waals surface area contributed by atoms with Crippen molar-refractivity contribution in [2.75, 3.05) is 0 Å². The molecule has 0 fully saturated rings. The number of aryl methyl sites for hydroxylation is 1. The molecule has 3 rings (SSSR count). The fourth-order valence-corrected chi connectivity index (χ4v) is 2.42. The summed E-state index contributed by atoms with van der Waals surface area (Å²) in [5, 5.41) is 0.863. The molecule has 1 N–H and O–H groups in total. The Morgan fingerprint density at radius 3 is 2.83 bits per heavy atom. The van der Waals surface area contributed by atoms with Gasteiger partial charge in [0.1, 0.15) is 5.82 Å². The Balaban J connectivity index is 2.13. The molecule has 1 heterocycles. The quantitative estimate of drug-likeness (QED) is 0.697. The summed E-state index contributed by atoms with van der Waals surface area (Å²) in [7, 11) is 0. The predicted octanol–water partition coefficient (Wildman–Crippen LogP) is 4.43. The van der Waals surface area contributed by atoms with Crippen LogP contribution in [0.3, 0.4) is 0 Å². The molecule has 3 heteroatoms. The van der Waals surface area contributed by atoms with Crippen LogP contribution < -0.4 is 0 Å². The summed E-state index contributed by atoms with van der Waals surface area (Å²) in [6, 6.07) is 14.7. The van der Waals surface area contributed by atoms with Crippen LogP contribution in [0.25, 0.3) is 22.4 Å². The van der Waals surface area contributed by atoms with E-state index >= 15 is 0 Å². The van der Waals surface area contributed by atoms with Crippen LogP contribution in [0.4, 0.5) is 0 Å². The van der Waals surface area contributed by atoms with Gasteiger partial charge in [-0.15, -0.1) is 0 Å². The number of rotatable bonds is 2. The van der Waals surface area contributed by atoms with Crippen LogP contribution in [0, 0.1) is 6.92 Å². The molecule has 3 aromatic rings. The number of aromatic nitrogens is 2. The summed E-state index contributed by atoms with van der Waals surface area (Å²) in [6.07, 6.45) is 0. The summed E-state index contributed by atoms with van der Waals surface area (Å²) in [6.45, 7) is 2.09. The molecule has 0 bridgehead atoms. The van der Waals surface area contributed by atoms with Gasteiger partial charge in [-0.25, -0.2) is 4.98 Å². The highest BCUT2D eigenvalue weighted by Crippen LogP contribution is 2.22. The fourth-order valence-electron chi connectivity index (χ4n) is 2.07. The molecule has 0 atom stereocenters. The van der Waals surface area contributed by atoms with E-state index < -0.39 is 0 Å². The van der Waals surface area contributed by atoms with Gasteiger partial charge in [-0.1, -0.05) is 45.8 Å². The smallest absolute Gasteiger partial charge is 0.138 e. The number of alkyl halides is 1. The first kappa shape index (κ1) is 11.5. The van der Waals surface area contributed by atoms with Crippen molar-refractivity contribution in [3.8, 4) is 11.4 Å². The van der Waals surface area contributed by atoms with Gasteiger partial charge in [0.25, 0.3) is 0 Å². The van der Waals surface area contributed by atoms with Crippen molar-refractivity contribution in [2.24, 2.45) is 0 Å². The lowest BCUT2D eigenvalue weighted by atomic mass is 10.1. The van der Waals surface area contributed by atoms with E-state index in [9.17, 15) is 0 Å². The Hall–Kier alpha value is -1.61. The number of hydrogen-bond donors (Lipinski definition) is 1. The maximum atomic E-state index is 4.63. The highest BCUT2D eigenvalue weighted by Gasteiger charge is 2.05. The van der Waals surface area contributed by atoms with Crippen LogP contribution in [-0.2, 0) is 5.33 Å². The van der Waals surface area contributed by atoms with Gasteiger partial charge in [0.15, 0.2) is 0 Å². The molecule has 0 spiro atoms. The zero-order valence-electron chi connectivity index (χ0n) is 10.1. The molecule has 0 saturated heterocycles. The Morgan fingerprint density at radius 2 is 2.06 bits per heavy atom. The summed E-state index contributed by atoms with van der Waals surface area (Å²) < 4.78 is 0. The number of nitrogens with zero attached hydrogens (tertiary/aromatic N) is 1. The maximum absolute atomic E-state index is 4.63. The largest absolute Gasteiger partial charge is 0.338 e. The van der Waals surface area contributed by atoms with Crippen molar-refractivity contribution >= 4 is 27.0 Å². The molecule has 0 aliphatic heterocycles. The average Bonchev–Trinajstić information content (AvgIpc) is 2.81. The summed E-state index contributed by atoms with van der Waals surface area (Å²) in [5.41, 5.74) is 5.72. The highest BCUT2D eigenvalue weighted by atomic mass is 79.9. The third-order valence-corrected chi connectivity index (χ3v) is 3.64. The Labute approximate surface area is 114 Å². The number of imidazole rings is 1. The molecule has 0 unspecified atom stereocenters. The van der Waals surface area contributed by atoms with Crippen molar-refractivity contribution in [1.29, 1.82) is 0 Å². The monoisotopic (exact) mass is 300 g/mol. The van der Waals surface area contributed by atoms with E-state index in [1.807, 2.05) is 0 Å². The molecule has 0 amide bonds. The molecule has 0 saturated carbocycles. The van der Waals surface area contributed by atoms with Crippen LogP contribution in [0.15, 0.2) is 42.5 Å². The third kappa shape index (κ3) is 2.06. The van der Waals surface area contributed by atoms with Gasteiger partial charge in [-0.3, -0.25) is 0 Å². The minimum atomic E-state index is 0.863. The number of hydrogen-bond acceptors (Lipinski definition) is 1. The van der Waals surface area contributed by atoms with Gasteiger partial charge in [0, 0.05) is 10.9 Å². The zero-order chi connectivity index (χ0) is 12.5. The lowest BCUT2D eigenvalue weighted by molar-refractivity contribution is 1.32. The summed E-state index contributed by atoms with van der Waals surface area (Å²) >= 11 is 3.47. The maximum Gasteiger partial charge on any atom is 0.138 e. The van der Waals surface area contributed by atoms with E-state index in [-0.39, 0.29) is 0 Å². The fraction of sp³-hybridized carbons (Fsp3) is 0.133. The van der Waals surface area contributed by atoms with Crippen LogP contribution >= 0.6 is 15.9 Å². The second kappa shape index (κ2) is 4.58. The van der Waals surface area contributed by atoms with Gasteiger partial charge in [0.2, 0.25) is 0 Å². The topological polar surface area (TPSA) is 28.7 Å². The van der Waals surface area contributed by atoms with Gasteiger partial charge in [0.05, 0.1) is 11.0 Å². The average molecular weight is 301 g/mol. The molecule has 0 aliphatic rings. The summed E-state index contributed by atoms with van der Waals surface area (Å²) in [4.78, 5) is 8.01. The van der Waals surface area contributed by atoms with Gasteiger partial charge in [-0.2, -0.15) is 0 Å². The number of H-pyrrole nitrogens is 1. The number of halogens is 1. The van der Waals surface area contributed by atoms with E-state index in [4.69, 9.17) is 0 Å². The SMILES string of the molecule is Cc1cccc(-c2nc3ccc(CBr)cc3[nH]2)c1. The van der Waals surface area contributed by atoms with Gasteiger partial charge in [-0.05, 0) is 30.7 Å². The second-order valence-electron chi connectivity index (χ2n) is 4.44. The normalized spacial score (nSPS) is 11.0.